The Kier molecular flexibility index (Phi) is 3.60. The maximum Gasteiger partial charge on any atom is 0.263 e. The second-order valence-electron chi connectivity index (χ2n) is 6.55. The van der Waals surface area contributed by atoms with Crippen LogP contribution in [-0.2, 0) is 13.0 Å². The average Bonchev–Trinajstić information content (AvgIpc) is 2.88. The molecule has 9 nitrogen and oxygen atoms in total. The van der Waals surface area contributed by atoms with Crippen LogP contribution in [0, 0.1) is 5.82 Å². The molecule has 1 amide bonds. The molecule has 1 aliphatic heterocycles. The third-order valence-electron chi connectivity index (χ3n) is 4.44. The van der Waals surface area contributed by atoms with Crippen LogP contribution in [-0.4, -0.2) is 48.9 Å². The maximum atomic E-state index is 13.3. The summed E-state index contributed by atoms with van der Waals surface area (Å²) in [5, 5.41) is 16.9. The average molecular weight is 358 g/mol. The number of nitrogens with one attached hydrogen (secondary N) is 1. The van der Waals surface area contributed by atoms with Gasteiger partial charge in [0.15, 0.2) is 17.3 Å². The monoisotopic (exact) mass is 358 g/mol. The summed E-state index contributed by atoms with van der Waals surface area (Å²) in [6.45, 7) is 0.936. The number of hydrogen-bond acceptors (Lipinski definition) is 6. The number of carbonyl (C=O) groups excluding carboxylic acids is 1. The predicted octanol–water partition coefficient (Wildman–Crippen LogP) is 0.990. The molecule has 26 heavy (non-hydrogen) atoms. The number of nitrogens with two attached hydrogens (primary N) is 1. The molecule has 1 atom stereocenters. The number of hydrogen-bond donors (Lipinski definition) is 3. The van der Waals surface area contributed by atoms with Gasteiger partial charge in [0.2, 0.25) is 0 Å². The van der Waals surface area contributed by atoms with Crippen LogP contribution in [0.2, 0.25) is 0 Å². The first-order chi connectivity index (χ1) is 12.3. The van der Waals surface area contributed by atoms with Crippen LogP contribution in [0.3, 0.4) is 0 Å². The van der Waals surface area contributed by atoms with Gasteiger partial charge in [-0.1, -0.05) is 0 Å². The molecule has 1 unspecified atom stereocenters. The molecule has 0 aliphatic carbocycles. The summed E-state index contributed by atoms with van der Waals surface area (Å²) in [6.07, 6.45) is 5.93. The fourth-order valence-corrected chi connectivity index (χ4v) is 3.20. The van der Waals surface area contributed by atoms with Crippen molar-refractivity contribution >= 4 is 23.1 Å². The Morgan fingerprint density at radius 2 is 2.23 bits per heavy atom. The molecule has 0 saturated heterocycles. The summed E-state index contributed by atoms with van der Waals surface area (Å²) in [5.41, 5.74) is 8.40. The number of likely N-dealkylation sites (N-methyl/N-ethyl adjacent to an activating group) is 1. The van der Waals surface area contributed by atoms with Crippen LogP contribution in [0.15, 0.2) is 24.8 Å². The molecule has 1 aliphatic rings. The Morgan fingerprint density at radius 1 is 1.42 bits per heavy atom. The van der Waals surface area contributed by atoms with E-state index in [-0.39, 0.29) is 21.7 Å². The highest BCUT2D eigenvalue weighted by atomic mass is 19.1. The van der Waals surface area contributed by atoms with Gasteiger partial charge in [0, 0.05) is 18.2 Å². The van der Waals surface area contributed by atoms with E-state index >= 15 is 0 Å². The van der Waals surface area contributed by atoms with E-state index < -0.39 is 11.7 Å². The van der Waals surface area contributed by atoms with E-state index in [4.69, 9.17) is 5.73 Å². The number of nitrogen functional groups attached to an aromatic ring is 1. The van der Waals surface area contributed by atoms with E-state index in [1.165, 1.54) is 0 Å². The number of halogens is 1. The molecule has 4 rings (SSSR count). The number of rotatable bonds is 2. The number of quaternary nitrogens is 1. The lowest BCUT2D eigenvalue weighted by atomic mass is 10.0. The van der Waals surface area contributed by atoms with E-state index in [2.05, 4.69) is 20.4 Å². The summed E-state index contributed by atoms with van der Waals surface area (Å²) >= 11 is 0. The maximum absolute atomic E-state index is 13.3. The van der Waals surface area contributed by atoms with Gasteiger partial charge < -0.3 is 11.1 Å². The fraction of sp³-hybridized carbons (Fsp3) is 0.250. The topological polar surface area (TPSA) is 118 Å². The Labute approximate surface area is 147 Å². The molecule has 0 radical (unpaired) electrons. The third-order valence-corrected chi connectivity index (χ3v) is 4.44. The Balaban J connectivity index is 1.69. The minimum absolute atomic E-state index is 0.0436. The molecular formula is C16H17FN7O2+. The normalized spacial score (nSPS) is 19.3. The molecule has 0 spiro atoms. The molecule has 4 N–H and O–H groups in total. The quantitative estimate of drug-likeness (QED) is 0.588. The highest BCUT2D eigenvalue weighted by Gasteiger charge is 2.30. The van der Waals surface area contributed by atoms with Gasteiger partial charge in [0.1, 0.15) is 18.7 Å². The number of anilines is 2. The van der Waals surface area contributed by atoms with Crippen LogP contribution in [0.4, 0.5) is 15.9 Å². The van der Waals surface area contributed by atoms with Gasteiger partial charge >= 0.3 is 0 Å². The van der Waals surface area contributed by atoms with Crippen LogP contribution < -0.4 is 11.1 Å². The van der Waals surface area contributed by atoms with Crippen molar-refractivity contribution in [2.45, 2.75) is 13.0 Å². The molecule has 10 heteroatoms. The highest BCUT2D eigenvalue weighted by molar-refractivity contribution is 6.11. The van der Waals surface area contributed by atoms with Crippen molar-refractivity contribution in [3.63, 3.8) is 0 Å². The molecule has 3 aromatic rings. The van der Waals surface area contributed by atoms with Crippen molar-refractivity contribution in [1.29, 1.82) is 0 Å². The van der Waals surface area contributed by atoms with Crippen molar-refractivity contribution in [3.8, 4) is 0 Å². The SMILES string of the molecule is C[N+]1(O)CCc2c(cncc2NC(=O)c2c(N)nn3cc(F)cnc23)C1. The zero-order chi connectivity index (χ0) is 18.5. The highest BCUT2D eigenvalue weighted by Crippen LogP contribution is 2.28. The molecular weight excluding hydrogens is 341 g/mol. The molecule has 4 heterocycles. The minimum Gasteiger partial charge on any atom is -0.381 e. The molecule has 0 bridgehead atoms. The minimum atomic E-state index is -0.585. The van der Waals surface area contributed by atoms with E-state index in [1.54, 1.807) is 19.4 Å². The van der Waals surface area contributed by atoms with Crippen molar-refractivity contribution in [1.82, 2.24) is 19.6 Å². The lowest BCUT2D eigenvalue weighted by molar-refractivity contribution is -1.10. The van der Waals surface area contributed by atoms with Gasteiger partial charge in [-0.3, -0.25) is 9.78 Å². The number of aromatic nitrogens is 4. The van der Waals surface area contributed by atoms with Gasteiger partial charge in [0.25, 0.3) is 5.91 Å². The zero-order valence-corrected chi connectivity index (χ0v) is 14.0. The third kappa shape index (κ3) is 2.74. The lowest BCUT2D eigenvalue weighted by Gasteiger charge is -2.31. The first-order valence-corrected chi connectivity index (χ1v) is 7.98. The Hall–Kier alpha value is -3.11. The van der Waals surface area contributed by atoms with Gasteiger partial charge in [0.05, 0.1) is 31.3 Å². The summed E-state index contributed by atoms with van der Waals surface area (Å²) in [7, 11) is 1.72. The first-order valence-electron chi connectivity index (χ1n) is 7.98. The van der Waals surface area contributed by atoms with Gasteiger partial charge in [-0.05, 0) is 5.56 Å². The van der Waals surface area contributed by atoms with Crippen molar-refractivity contribution in [2.75, 3.05) is 24.6 Å². The number of fused-ring (bicyclic) bond motifs is 2. The fourth-order valence-electron chi connectivity index (χ4n) is 3.20. The van der Waals surface area contributed by atoms with E-state index in [1.807, 2.05) is 0 Å². The molecule has 134 valence electrons. The largest absolute Gasteiger partial charge is 0.381 e. The van der Waals surface area contributed by atoms with Crippen LogP contribution in [0.1, 0.15) is 21.5 Å². The number of carbonyl (C=O) groups is 1. The summed E-state index contributed by atoms with van der Waals surface area (Å²) in [5.74, 6) is -1.13. The van der Waals surface area contributed by atoms with E-state index in [9.17, 15) is 14.4 Å². The van der Waals surface area contributed by atoms with Crippen LogP contribution in [0.25, 0.3) is 5.65 Å². The Morgan fingerprint density at radius 3 is 3.04 bits per heavy atom. The predicted molar refractivity (Wildman–Crippen MR) is 89.8 cm³/mol. The summed E-state index contributed by atoms with van der Waals surface area (Å²) < 4.78 is 14.3. The summed E-state index contributed by atoms with van der Waals surface area (Å²) in [4.78, 5) is 20.8. The van der Waals surface area contributed by atoms with E-state index in [0.717, 1.165) is 28.0 Å². The van der Waals surface area contributed by atoms with Crippen LogP contribution >= 0.6 is 0 Å². The Bertz CT molecular complexity index is 1030. The zero-order valence-electron chi connectivity index (χ0n) is 14.0. The second kappa shape index (κ2) is 5.71. The van der Waals surface area contributed by atoms with Crippen molar-refractivity contribution in [2.24, 2.45) is 0 Å². The molecule has 0 fully saturated rings. The number of hydroxylamine groups is 3. The van der Waals surface area contributed by atoms with Crippen molar-refractivity contribution in [3.05, 3.63) is 47.3 Å². The molecule has 0 aromatic carbocycles. The van der Waals surface area contributed by atoms with Crippen LogP contribution in [0.5, 0.6) is 0 Å². The van der Waals surface area contributed by atoms with E-state index in [0.29, 0.717) is 25.2 Å². The summed E-state index contributed by atoms with van der Waals surface area (Å²) in [6, 6.07) is 0. The lowest BCUT2D eigenvalue weighted by Crippen LogP contribution is -2.44. The number of pyridine rings is 1. The standard InChI is InChI=1S/C16H16FN7O2/c1-24(26)3-2-11-9(8-24)4-19-6-12(11)21-16(25)13-14(18)22-23-7-10(17)5-20-15(13)23/h4-7,26H,2-3,8H2,1H3,(H2-,18,21,22,25)/p+1. The molecule has 0 saturated carbocycles. The second-order valence-corrected chi connectivity index (χ2v) is 6.55. The van der Waals surface area contributed by atoms with Crippen molar-refractivity contribution < 1.29 is 19.0 Å². The molecule has 3 aromatic heterocycles. The smallest absolute Gasteiger partial charge is 0.263 e. The van der Waals surface area contributed by atoms with Gasteiger partial charge in [-0.15, -0.1) is 5.10 Å². The van der Waals surface area contributed by atoms with Gasteiger partial charge in [-0.25, -0.2) is 19.1 Å². The number of amides is 1. The number of nitrogens with zero attached hydrogens (tertiary/aromatic N) is 5. The first kappa shape index (κ1) is 16.4. The van der Waals surface area contributed by atoms with Gasteiger partial charge in [-0.2, -0.15) is 4.65 Å².